The maximum atomic E-state index is 10.1. The van der Waals surface area contributed by atoms with Gasteiger partial charge in [-0.25, -0.2) is 28.8 Å². The predicted octanol–water partition coefficient (Wildman–Crippen LogP) is 6.93. The Morgan fingerprint density at radius 2 is 0.333 bits per heavy atom. The van der Waals surface area contributed by atoms with Crippen molar-refractivity contribution in [3.63, 3.8) is 0 Å². The van der Waals surface area contributed by atoms with Crippen LogP contribution < -0.4 is 0 Å². The molecular formula is C32H72Cd4N6O12. The van der Waals surface area contributed by atoms with Crippen LogP contribution in [0.2, 0.25) is 0 Å². The van der Waals surface area contributed by atoms with Crippen molar-refractivity contribution in [2.24, 2.45) is 0 Å². The van der Waals surface area contributed by atoms with Crippen LogP contribution in [0.3, 0.4) is 0 Å². The van der Waals surface area contributed by atoms with Crippen molar-refractivity contribution in [1.82, 2.24) is 29.4 Å². The molecule has 0 saturated heterocycles. The molecule has 310 valence electrons. The van der Waals surface area contributed by atoms with Gasteiger partial charge >= 0.3 is 63.9 Å². The van der Waals surface area contributed by atoms with E-state index in [9.17, 15) is 28.8 Å². The molecule has 54 heavy (non-hydrogen) atoms. The van der Waals surface area contributed by atoms with Crippen molar-refractivity contribution < 1.29 is 169 Å². The van der Waals surface area contributed by atoms with Crippen molar-refractivity contribution in [2.75, 3.05) is 78.5 Å². The van der Waals surface area contributed by atoms with Gasteiger partial charge in [0, 0.05) is 160 Å². The van der Waals surface area contributed by atoms with Gasteiger partial charge in [0.15, 0.2) is 0 Å². The van der Waals surface area contributed by atoms with E-state index in [1.54, 1.807) is 0 Å². The molecule has 6 amide bonds. The molecule has 0 unspecified atom stereocenters. The monoisotopic (exact) mass is 1190 g/mol. The zero-order valence-electron chi connectivity index (χ0n) is 36.1. The maximum absolute atomic E-state index is 10.1. The Labute approximate surface area is 407 Å². The largest absolute Gasteiger partial charge is 2.00 e. The number of hydrogen-bond donors (Lipinski definition) is 6. The second kappa shape index (κ2) is 61.5. The summed E-state index contributed by atoms with van der Waals surface area (Å²) in [6, 6.07) is 0. The van der Waals surface area contributed by atoms with E-state index < -0.39 is 36.6 Å². The minimum atomic E-state index is -0.838. The number of hydrogen-bond acceptors (Lipinski definition) is 6. The summed E-state index contributed by atoms with van der Waals surface area (Å²) in [6.45, 7) is 28.7. The van der Waals surface area contributed by atoms with Gasteiger partial charge in [0.25, 0.3) is 0 Å². The maximum Gasteiger partial charge on any atom is 2.00 e. The summed E-state index contributed by atoms with van der Waals surface area (Å²) < 4.78 is 0. The summed E-state index contributed by atoms with van der Waals surface area (Å²) in [7, 11) is 0. The molecule has 0 aromatic heterocycles. The topological polar surface area (TPSA) is 243 Å². The molecule has 0 aromatic rings. The van der Waals surface area contributed by atoms with Crippen LogP contribution in [0, 0.1) is 14.9 Å². The summed E-state index contributed by atoms with van der Waals surface area (Å²) in [5, 5.41) is 49.8. The van der Waals surface area contributed by atoms with E-state index in [4.69, 9.17) is 30.6 Å². The molecule has 0 heterocycles. The van der Waals surface area contributed by atoms with E-state index >= 15 is 0 Å². The van der Waals surface area contributed by atoms with Crippen LogP contribution in [0.1, 0.15) is 83.1 Å². The van der Waals surface area contributed by atoms with Gasteiger partial charge in [0.2, 0.25) is 0 Å². The molecule has 0 bridgehead atoms. The Kier molecular flexibility index (Phi) is 97.4. The van der Waals surface area contributed by atoms with Gasteiger partial charge in [0.1, 0.15) is 0 Å². The molecule has 0 aliphatic heterocycles. The van der Waals surface area contributed by atoms with Crippen LogP contribution in [0.15, 0.2) is 0 Å². The van der Waals surface area contributed by atoms with E-state index in [0.717, 1.165) is 0 Å². The zero-order valence-corrected chi connectivity index (χ0v) is 52.3. The first-order valence-electron chi connectivity index (χ1n) is 16.2. The van der Waals surface area contributed by atoms with Crippen LogP contribution in [-0.4, -0.2) is 175 Å². The zero-order chi connectivity index (χ0) is 39.4. The fourth-order valence-corrected chi connectivity index (χ4v) is 2.96. The molecule has 18 nitrogen and oxygen atoms in total. The number of rotatable bonds is 12. The normalized spacial score (nSPS) is 7.78. The van der Waals surface area contributed by atoms with Gasteiger partial charge < -0.3 is 74.9 Å². The van der Waals surface area contributed by atoms with Crippen LogP contribution in [0.25, 0.3) is 0 Å². The van der Waals surface area contributed by atoms with Crippen LogP contribution in [-0.2, 0) is 109 Å². The third-order valence-electron chi connectivity index (χ3n) is 6.20. The van der Waals surface area contributed by atoms with Gasteiger partial charge in [0.05, 0.1) is 0 Å². The van der Waals surface area contributed by atoms with Gasteiger partial charge in [-0.3, -0.25) is 0 Å². The Morgan fingerprint density at radius 3 is 0.333 bits per heavy atom. The van der Waals surface area contributed by atoms with E-state index in [1.807, 2.05) is 83.1 Å². The Morgan fingerprint density at radius 1 is 0.278 bits per heavy atom. The smallest absolute Gasteiger partial charge is 0.465 e. The second-order valence-corrected chi connectivity index (χ2v) is 8.73. The fraction of sp³-hybridized carbons (Fsp3) is 0.750. The second-order valence-electron chi connectivity index (χ2n) is 8.73. The molecule has 0 rings (SSSR count). The average molecular weight is 1180 g/mol. The Balaban J connectivity index is -0.0000000383. The first kappa shape index (κ1) is 85.5. The van der Waals surface area contributed by atoms with E-state index in [1.165, 1.54) is 29.4 Å². The van der Waals surface area contributed by atoms with Crippen LogP contribution >= 0.6 is 0 Å². The Bertz CT molecular complexity index is 663. The summed E-state index contributed by atoms with van der Waals surface area (Å²) in [5.74, 6) is 0. The van der Waals surface area contributed by atoms with Crippen LogP contribution in [0.4, 0.5) is 28.8 Å². The van der Waals surface area contributed by atoms with Crippen molar-refractivity contribution >= 4 is 36.6 Å². The van der Waals surface area contributed by atoms with Crippen molar-refractivity contribution in [3.05, 3.63) is 14.9 Å². The summed E-state index contributed by atoms with van der Waals surface area (Å²) >= 11 is 0. The van der Waals surface area contributed by atoms with Gasteiger partial charge in [-0.05, 0) is 83.1 Å². The molecule has 0 aromatic carbocycles. The predicted molar refractivity (Wildman–Crippen MR) is 199 cm³/mol. The first-order valence-corrected chi connectivity index (χ1v) is 16.2. The number of amides is 6. The van der Waals surface area contributed by atoms with Crippen molar-refractivity contribution in [3.8, 4) is 0 Å². The summed E-state index contributed by atoms with van der Waals surface area (Å²) in [6.07, 6.45) is -5.03. The summed E-state index contributed by atoms with van der Waals surface area (Å²) in [5.41, 5.74) is 0. The molecule has 0 atom stereocenters. The third kappa shape index (κ3) is 58.0. The molecule has 0 spiro atoms. The molecule has 0 aliphatic carbocycles. The van der Waals surface area contributed by atoms with E-state index in [-0.39, 0.29) is 124 Å². The summed E-state index contributed by atoms with van der Waals surface area (Å²) in [4.78, 5) is 68.5. The molecule has 0 radical (unpaired) electrons. The minimum Gasteiger partial charge on any atom is -0.465 e. The first-order chi connectivity index (χ1) is 22.3. The molecule has 0 fully saturated rings. The van der Waals surface area contributed by atoms with E-state index in [2.05, 4.69) is 0 Å². The standard InChI is InChI=1S/6C5H11NO2.2CH3.4Cd/c6*1-3-6(4-2)5(7)8;;;;;;/h6*3-4H2,1-2H3,(H,7,8);2*1H3;;;;/q;;;;;;2*-1;;;;+2. The molecule has 6 N–H and O–H groups in total. The van der Waals surface area contributed by atoms with Crippen molar-refractivity contribution in [1.29, 1.82) is 0 Å². The SMILES string of the molecule is CCN(CC)C(=O)O.CCN(CC)C(=O)O.CCN(CC)C(=O)O.CCN(CC)C(=O)O.CCN(CC)C(=O)O.CCN(CC)C(=O)O.[CH3-].[CH3-].[Cd+2].[Cd].[Cd].[Cd]. The molecule has 0 aliphatic rings. The average Bonchev–Trinajstić information content (AvgIpc) is 3.01. The number of carbonyl (C=O) groups is 6. The van der Waals surface area contributed by atoms with Crippen LogP contribution in [0.5, 0.6) is 0 Å². The van der Waals surface area contributed by atoms with Gasteiger partial charge in [-0.2, -0.15) is 0 Å². The van der Waals surface area contributed by atoms with Gasteiger partial charge in [-0.15, -0.1) is 0 Å². The van der Waals surface area contributed by atoms with Crippen molar-refractivity contribution in [2.45, 2.75) is 83.1 Å². The molecule has 0 saturated carbocycles. The fourth-order valence-electron chi connectivity index (χ4n) is 2.96. The van der Waals surface area contributed by atoms with Gasteiger partial charge in [-0.1, -0.05) is 0 Å². The minimum absolute atomic E-state index is 0. The Hall–Kier alpha value is -0.692. The molecular weight excluding hydrogens is 1110 g/mol. The number of carboxylic acid groups (broad SMARTS) is 6. The third-order valence-corrected chi connectivity index (χ3v) is 6.20. The van der Waals surface area contributed by atoms with E-state index in [0.29, 0.717) is 78.5 Å². The quantitative estimate of drug-likeness (QED) is 0.0862. The number of nitrogens with zero attached hydrogens (tertiary/aromatic N) is 6. The molecule has 22 heteroatoms.